The van der Waals surface area contributed by atoms with E-state index in [1.807, 2.05) is 66.0 Å². The van der Waals surface area contributed by atoms with Crippen molar-refractivity contribution in [2.24, 2.45) is 0 Å². The van der Waals surface area contributed by atoms with E-state index in [0.717, 1.165) is 16.8 Å². The molecule has 2 aromatic heterocycles. The molecule has 2 heterocycles. The maximum absolute atomic E-state index is 13.1. The van der Waals surface area contributed by atoms with Gasteiger partial charge in [0, 0.05) is 10.9 Å². The van der Waals surface area contributed by atoms with E-state index >= 15 is 0 Å². The van der Waals surface area contributed by atoms with E-state index in [0.29, 0.717) is 15.4 Å². The number of fused-ring (bicyclic) bond motifs is 1. The highest BCUT2D eigenvalue weighted by molar-refractivity contribution is 7.80. The third-order valence-corrected chi connectivity index (χ3v) is 4.86. The first kappa shape index (κ1) is 14.2. The summed E-state index contributed by atoms with van der Waals surface area (Å²) in [6.07, 6.45) is 0. The van der Waals surface area contributed by atoms with Crippen LogP contribution >= 0.6 is 24.0 Å². The van der Waals surface area contributed by atoms with Crippen LogP contribution in [0.2, 0.25) is 0 Å². The van der Waals surface area contributed by atoms with Crippen LogP contribution < -0.4 is 5.56 Å². The molecule has 0 fully saturated rings. The first-order valence-corrected chi connectivity index (χ1v) is 8.42. The average molecular weight is 336 g/mol. The van der Waals surface area contributed by atoms with Gasteiger partial charge in [0.25, 0.3) is 5.56 Å². The Bertz CT molecular complexity index is 1040. The Balaban J connectivity index is 2.06. The van der Waals surface area contributed by atoms with Crippen LogP contribution in [0, 0.1) is 0 Å². The summed E-state index contributed by atoms with van der Waals surface area (Å²) in [6.45, 7) is 0. The van der Waals surface area contributed by atoms with E-state index < -0.39 is 0 Å². The van der Waals surface area contributed by atoms with Gasteiger partial charge in [0.15, 0.2) is 5.16 Å². The molecule has 0 atom stereocenters. The van der Waals surface area contributed by atoms with Crippen LogP contribution in [-0.2, 0) is 0 Å². The SMILES string of the molecule is O=c1c2c(-c3ccccc3)csc2nc(S)n1-c1ccccc1. The zero-order valence-corrected chi connectivity index (χ0v) is 13.7. The van der Waals surface area contributed by atoms with E-state index in [1.54, 1.807) is 4.57 Å². The number of hydrogen-bond donors (Lipinski definition) is 1. The molecule has 0 N–H and O–H groups in total. The summed E-state index contributed by atoms with van der Waals surface area (Å²) >= 11 is 5.88. The van der Waals surface area contributed by atoms with Gasteiger partial charge in [-0.25, -0.2) is 4.98 Å². The molecule has 0 bridgehead atoms. The van der Waals surface area contributed by atoms with Crippen molar-refractivity contribution in [2.45, 2.75) is 5.16 Å². The minimum absolute atomic E-state index is 0.0914. The number of para-hydroxylation sites is 1. The van der Waals surface area contributed by atoms with Gasteiger partial charge in [0.05, 0.1) is 11.1 Å². The highest BCUT2D eigenvalue weighted by Gasteiger charge is 2.16. The lowest BCUT2D eigenvalue weighted by Gasteiger charge is -2.09. The van der Waals surface area contributed by atoms with E-state index in [-0.39, 0.29) is 5.56 Å². The summed E-state index contributed by atoms with van der Waals surface area (Å²) in [4.78, 5) is 18.3. The number of thiophene rings is 1. The molecular formula is C18H12N2OS2. The lowest BCUT2D eigenvalue weighted by Crippen LogP contribution is -2.20. The smallest absolute Gasteiger partial charge is 0.268 e. The van der Waals surface area contributed by atoms with E-state index in [2.05, 4.69) is 17.6 Å². The van der Waals surface area contributed by atoms with Gasteiger partial charge in [0.2, 0.25) is 0 Å². The third kappa shape index (κ3) is 2.38. The molecule has 2 aromatic carbocycles. The number of rotatable bonds is 2. The molecule has 5 heteroatoms. The minimum atomic E-state index is -0.0914. The molecule has 3 nitrogen and oxygen atoms in total. The Morgan fingerprint density at radius 1 is 0.957 bits per heavy atom. The standard InChI is InChI=1S/C18H12N2OS2/c21-17-15-14(12-7-3-1-4-8-12)11-23-16(15)19-18(22)20(17)13-9-5-2-6-10-13/h1-11H,(H,19,22). The molecule has 4 rings (SSSR count). The molecule has 23 heavy (non-hydrogen) atoms. The first-order chi connectivity index (χ1) is 11.3. The molecule has 0 unspecified atom stereocenters. The van der Waals surface area contributed by atoms with E-state index in [4.69, 9.17) is 0 Å². The predicted molar refractivity (Wildman–Crippen MR) is 97.9 cm³/mol. The fourth-order valence-corrected chi connectivity index (χ4v) is 3.93. The Morgan fingerprint density at radius 2 is 1.61 bits per heavy atom. The second kappa shape index (κ2) is 5.68. The van der Waals surface area contributed by atoms with Crippen molar-refractivity contribution >= 4 is 34.2 Å². The van der Waals surface area contributed by atoms with Crippen LogP contribution in [0.5, 0.6) is 0 Å². The number of nitrogens with zero attached hydrogens (tertiary/aromatic N) is 2. The van der Waals surface area contributed by atoms with Crippen molar-refractivity contribution in [3.8, 4) is 16.8 Å². The van der Waals surface area contributed by atoms with Gasteiger partial charge in [-0.1, -0.05) is 48.5 Å². The molecular weight excluding hydrogens is 324 g/mol. The molecule has 0 saturated heterocycles. The fraction of sp³-hybridized carbons (Fsp3) is 0. The number of benzene rings is 2. The maximum atomic E-state index is 13.1. The van der Waals surface area contributed by atoms with Crippen molar-refractivity contribution in [3.05, 3.63) is 76.4 Å². The molecule has 0 saturated carbocycles. The second-order valence-corrected chi connectivity index (χ2v) is 6.34. The quantitative estimate of drug-likeness (QED) is 0.435. The molecule has 0 aliphatic carbocycles. The second-order valence-electron chi connectivity index (χ2n) is 5.08. The number of aromatic nitrogens is 2. The van der Waals surface area contributed by atoms with E-state index in [1.165, 1.54) is 11.3 Å². The van der Waals surface area contributed by atoms with Crippen LogP contribution in [-0.4, -0.2) is 9.55 Å². The summed E-state index contributed by atoms with van der Waals surface area (Å²) in [6, 6.07) is 19.4. The summed E-state index contributed by atoms with van der Waals surface area (Å²) < 4.78 is 1.55. The first-order valence-electron chi connectivity index (χ1n) is 7.10. The van der Waals surface area contributed by atoms with Crippen LogP contribution in [0.1, 0.15) is 0 Å². The minimum Gasteiger partial charge on any atom is -0.268 e. The average Bonchev–Trinajstić information content (AvgIpc) is 3.00. The molecule has 0 aliphatic rings. The third-order valence-electron chi connectivity index (χ3n) is 3.69. The van der Waals surface area contributed by atoms with Gasteiger partial charge in [-0.3, -0.25) is 9.36 Å². The van der Waals surface area contributed by atoms with Crippen molar-refractivity contribution < 1.29 is 0 Å². The predicted octanol–water partition coefficient (Wildman–Crippen LogP) is 4.40. The Labute approximate surface area is 142 Å². The molecule has 112 valence electrons. The highest BCUT2D eigenvalue weighted by Crippen LogP contribution is 2.31. The summed E-state index contributed by atoms with van der Waals surface area (Å²) in [7, 11) is 0. The number of hydrogen-bond acceptors (Lipinski definition) is 4. The Hall–Kier alpha value is -2.37. The Kier molecular flexibility index (Phi) is 3.52. The molecule has 0 amide bonds. The van der Waals surface area contributed by atoms with Gasteiger partial charge in [-0.15, -0.1) is 24.0 Å². The van der Waals surface area contributed by atoms with Gasteiger partial charge >= 0.3 is 0 Å². The lowest BCUT2D eigenvalue weighted by atomic mass is 10.1. The number of thiol groups is 1. The zero-order valence-electron chi connectivity index (χ0n) is 12.0. The van der Waals surface area contributed by atoms with Crippen molar-refractivity contribution in [1.82, 2.24) is 9.55 Å². The highest BCUT2D eigenvalue weighted by atomic mass is 32.1. The van der Waals surface area contributed by atoms with Crippen LogP contribution in [0.4, 0.5) is 0 Å². The molecule has 0 spiro atoms. The molecule has 4 aromatic rings. The summed E-state index contributed by atoms with van der Waals surface area (Å²) in [5.74, 6) is 0. The maximum Gasteiger partial charge on any atom is 0.268 e. The van der Waals surface area contributed by atoms with Crippen LogP contribution in [0.15, 0.2) is 76.0 Å². The largest absolute Gasteiger partial charge is 0.268 e. The van der Waals surface area contributed by atoms with Crippen LogP contribution in [0.3, 0.4) is 0 Å². The van der Waals surface area contributed by atoms with Gasteiger partial charge < -0.3 is 0 Å². The van der Waals surface area contributed by atoms with Crippen molar-refractivity contribution in [2.75, 3.05) is 0 Å². The monoisotopic (exact) mass is 336 g/mol. The molecule has 0 radical (unpaired) electrons. The summed E-state index contributed by atoms with van der Waals surface area (Å²) in [5.41, 5.74) is 2.61. The van der Waals surface area contributed by atoms with Crippen molar-refractivity contribution in [3.63, 3.8) is 0 Å². The van der Waals surface area contributed by atoms with Crippen LogP contribution in [0.25, 0.3) is 27.0 Å². The van der Waals surface area contributed by atoms with E-state index in [9.17, 15) is 4.79 Å². The van der Waals surface area contributed by atoms with Gasteiger partial charge in [-0.05, 0) is 17.7 Å². The van der Waals surface area contributed by atoms with Gasteiger partial charge in [0.1, 0.15) is 4.83 Å². The van der Waals surface area contributed by atoms with Gasteiger partial charge in [-0.2, -0.15) is 0 Å². The Morgan fingerprint density at radius 3 is 2.30 bits per heavy atom. The summed E-state index contributed by atoms with van der Waals surface area (Å²) in [5, 5.41) is 3.02. The van der Waals surface area contributed by atoms with Crippen molar-refractivity contribution in [1.29, 1.82) is 0 Å². The fourth-order valence-electron chi connectivity index (χ4n) is 2.62. The normalized spacial score (nSPS) is 11.0. The molecule has 0 aliphatic heterocycles. The lowest BCUT2D eigenvalue weighted by molar-refractivity contribution is 0.827. The topological polar surface area (TPSA) is 34.9 Å². The zero-order chi connectivity index (χ0) is 15.8.